The molecule has 5 nitrogen and oxygen atoms in total. The van der Waals surface area contributed by atoms with Crippen LogP contribution in [0.5, 0.6) is 0 Å². The fraction of sp³-hybridized carbons (Fsp3) is 0.316. The maximum absolute atomic E-state index is 12.8. The highest BCUT2D eigenvalue weighted by atomic mass is 32.1. The summed E-state index contributed by atoms with van der Waals surface area (Å²) in [5.74, 6) is -0.235. The molecule has 130 valence electrons. The molecule has 0 aliphatic rings. The normalized spacial score (nSPS) is 12.4. The molecule has 3 rings (SSSR count). The highest BCUT2D eigenvalue weighted by molar-refractivity contribution is 7.18. The summed E-state index contributed by atoms with van der Waals surface area (Å²) in [6.07, 6.45) is 1.47. The average molecular weight is 355 g/mol. The summed E-state index contributed by atoms with van der Waals surface area (Å²) in [7, 11) is 0. The Kier molecular flexibility index (Phi) is 4.47. The van der Waals surface area contributed by atoms with Crippen LogP contribution in [-0.2, 0) is 4.79 Å². The Hall–Kier alpha value is -2.47. The number of benzene rings is 1. The van der Waals surface area contributed by atoms with E-state index in [1.165, 1.54) is 22.2 Å². The van der Waals surface area contributed by atoms with Crippen LogP contribution in [0.1, 0.15) is 34.5 Å². The standard InChI is InChI=1S/C19H21N3O2S/c1-10-6-7-11(2)15(8-10)21-17(23)13(4)22-9-20-18-16(19(22)24)12(3)14(5)25-18/h6-9,13H,1-5H3,(H,21,23)/t13-/m1/s1. The van der Waals surface area contributed by atoms with Crippen molar-refractivity contribution in [3.8, 4) is 0 Å². The van der Waals surface area contributed by atoms with Gasteiger partial charge in [0.25, 0.3) is 5.56 Å². The predicted octanol–water partition coefficient (Wildman–Crippen LogP) is 3.89. The summed E-state index contributed by atoms with van der Waals surface area (Å²) in [5, 5.41) is 3.53. The largest absolute Gasteiger partial charge is 0.324 e. The van der Waals surface area contributed by atoms with E-state index >= 15 is 0 Å². The number of thiophene rings is 1. The zero-order valence-electron chi connectivity index (χ0n) is 15.0. The number of carbonyl (C=O) groups is 1. The van der Waals surface area contributed by atoms with E-state index < -0.39 is 6.04 Å². The molecule has 6 heteroatoms. The van der Waals surface area contributed by atoms with Gasteiger partial charge in [0.2, 0.25) is 5.91 Å². The van der Waals surface area contributed by atoms with Crippen molar-refractivity contribution in [2.45, 2.75) is 40.7 Å². The number of amides is 1. The highest BCUT2D eigenvalue weighted by Gasteiger charge is 2.20. The van der Waals surface area contributed by atoms with E-state index in [2.05, 4.69) is 10.3 Å². The number of aryl methyl sites for hydroxylation is 4. The van der Waals surface area contributed by atoms with Crippen molar-refractivity contribution in [3.63, 3.8) is 0 Å². The van der Waals surface area contributed by atoms with E-state index in [1.54, 1.807) is 6.92 Å². The number of anilines is 1. The highest BCUT2D eigenvalue weighted by Crippen LogP contribution is 2.26. The maximum Gasteiger partial charge on any atom is 0.263 e. The summed E-state index contributed by atoms with van der Waals surface area (Å²) in [6.45, 7) is 9.52. The van der Waals surface area contributed by atoms with Gasteiger partial charge in [0.1, 0.15) is 10.9 Å². The van der Waals surface area contributed by atoms with Crippen LogP contribution in [0.3, 0.4) is 0 Å². The summed E-state index contributed by atoms with van der Waals surface area (Å²) < 4.78 is 1.40. The van der Waals surface area contributed by atoms with Crippen molar-refractivity contribution < 1.29 is 4.79 Å². The Bertz CT molecular complexity index is 1030. The van der Waals surface area contributed by atoms with Gasteiger partial charge in [0.15, 0.2) is 0 Å². The first-order chi connectivity index (χ1) is 11.8. The topological polar surface area (TPSA) is 64.0 Å². The molecular weight excluding hydrogens is 334 g/mol. The van der Waals surface area contributed by atoms with Crippen LogP contribution in [0.2, 0.25) is 0 Å². The lowest BCUT2D eigenvalue weighted by Crippen LogP contribution is -2.32. The number of carbonyl (C=O) groups excluding carboxylic acids is 1. The Labute approximate surface area is 150 Å². The molecule has 1 N–H and O–H groups in total. The van der Waals surface area contributed by atoms with Crippen molar-refractivity contribution in [2.24, 2.45) is 0 Å². The number of nitrogens with one attached hydrogen (secondary N) is 1. The summed E-state index contributed by atoms with van der Waals surface area (Å²) in [4.78, 5) is 31.7. The number of hydrogen-bond donors (Lipinski definition) is 1. The molecule has 0 saturated heterocycles. The molecular formula is C19H21N3O2S. The van der Waals surface area contributed by atoms with E-state index in [1.807, 2.05) is 45.9 Å². The summed E-state index contributed by atoms with van der Waals surface area (Å²) >= 11 is 1.50. The maximum atomic E-state index is 12.8. The van der Waals surface area contributed by atoms with Gasteiger partial charge in [-0.2, -0.15) is 0 Å². The number of rotatable bonds is 3. The number of hydrogen-bond acceptors (Lipinski definition) is 4. The van der Waals surface area contributed by atoms with Crippen LogP contribution < -0.4 is 10.9 Å². The van der Waals surface area contributed by atoms with Gasteiger partial charge >= 0.3 is 0 Å². The molecule has 25 heavy (non-hydrogen) atoms. The van der Waals surface area contributed by atoms with Gasteiger partial charge in [-0.3, -0.25) is 14.2 Å². The summed E-state index contributed by atoms with van der Waals surface area (Å²) in [5.41, 5.74) is 3.58. The van der Waals surface area contributed by atoms with Gasteiger partial charge in [-0.15, -0.1) is 11.3 Å². The minimum absolute atomic E-state index is 0.171. The van der Waals surface area contributed by atoms with E-state index in [4.69, 9.17) is 0 Å². The van der Waals surface area contributed by atoms with Gasteiger partial charge in [0.05, 0.1) is 11.7 Å². The van der Waals surface area contributed by atoms with Gasteiger partial charge in [-0.25, -0.2) is 4.98 Å². The fourth-order valence-corrected chi connectivity index (χ4v) is 3.75. The Balaban J connectivity index is 1.96. The lowest BCUT2D eigenvalue weighted by atomic mass is 10.1. The minimum atomic E-state index is -0.649. The van der Waals surface area contributed by atoms with Crippen molar-refractivity contribution in [1.29, 1.82) is 0 Å². The third kappa shape index (κ3) is 3.09. The zero-order chi connectivity index (χ0) is 18.3. The molecule has 0 bridgehead atoms. The van der Waals surface area contributed by atoms with Crippen LogP contribution in [0.15, 0.2) is 29.3 Å². The summed E-state index contributed by atoms with van der Waals surface area (Å²) in [6, 6.07) is 5.24. The average Bonchev–Trinajstić information content (AvgIpc) is 2.86. The molecule has 1 aromatic carbocycles. The van der Waals surface area contributed by atoms with Crippen molar-refractivity contribution >= 4 is 33.1 Å². The fourth-order valence-electron chi connectivity index (χ4n) is 2.76. The molecule has 3 aromatic rings. The van der Waals surface area contributed by atoms with Crippen molar-refractivity contribution in [1.82, 2.24) is 9.55 Å². The van der Waals surface area contributed by atoms with Crippen LogP contribution in [-0.4, -0.2) is 15.5 Å². The minimum Gasteiger partial charge on any atom is -0.324 e. The first-order valence-corrected chi connectivity index (χ1v) is 8.96. The Morgan fingerprint density at radius 2 is 1.96 bits per heavy atom. The smallest absolute Gasteiger partial charge is 0.263 e. The monoisotopic (exact) mass is 355 g/mol. The quantitative estimate of drug-likeness (QED) is 0.775. The van der Waals surface area contributed by atoms with Gasteiger partial charge in [-0.05, 0) is 57.4 Å². The molecule has 0 spiro atoms. The second-order valence-electron chi connectivity index (χ2n) is 6.40. The number of aromatic nitrogens is 2. The third-order valence-corrected chi connectivity index (χ3v) is 5.68. The van der Waals surface area contributed by atoms with E-state index in [-0.39, 0.29) is 11.5 Å². The molecule has 0 unspecified atom stereocenters. The molecule has 0 saturated carbocycles. The zero-order valence-corrected chi connectivity index (χ0v) is 15.8. The molecule has 1 atom stereocenters. The first kappa shape index (κ1) is 17.4. The van der Waals surface area contributed by atoms with Gasteiger partial charge < -0.3 is 5.32 Å². The van der Waals surface area contributed by atoms with Crippen LogP contribution in [0.25, 0.3) is 10.2 Å². The molecule has 0 radical (unpaired) electrons. The van der Waals surface area contributed by atoms with Crippen molar-refractivity contribution in [3.05, 3.63) is 56.4 Å². The molecule has 2 aromatic heterocycles. The van der Waals surface area contributed by atoms with Crippen LogP contribution in [0.4, 0.5) is 5.69 Å². The second-order valence-corrected chi connectivity index (χ2v) is 7.61. The van der Waals surface area contributed by atoms with Gasteiger partial charge in [0, 0.05) is 10.6 Å². The SMILES string of the molecule is Cc1ccc(C)c(NC(=O)[C@@H](C)n2cnc3sc(C)c(C)c3c2=O)c1. The molecule has 2 heterocycles. The first-order valence-electron chi connectivity index (χ1n) is 8.14. The molecule has 0 aliphatic carbocycles. The van der Waals surface area contributed by atoms with Crippen molar-refractivity contribution in [2.75, 3.05) is 5.32 Å². The predicted molar refractivity (Wildman–Crippen MR) is 103 cm³/mol. The lowest BCUT2D eigenvalue weighted by molar-refractivity contribution is -0.118. The van der Waals surface area contributed by atoms with E-state index in [9.17, 15) is 9.59 Å². The number of fused-ring (bicyclic) bond motifs is 1. The molecule has 0 aliphatic heterocycles. The van der Waals surface area contributed by atoms with Gasteiger partial charge in [-0.1, -0.05) is 12.1 Å². The third-order valence-electron chi connectivity index (χ3n) is 4.56. The molecule has 0 fully saturated rings. The van der Waals surface area contributed by atoms with E-state index in [0.717, 1.165) is 32.1 Å². The van der Waals surface area contributed by atoms with Crippen LogP contribution in [0, 0.1) is 27.7 Å². The lowest BCUT2D eigenvalue weighted by Gasteiger charge is -2.16. The Morgan fingerprint density at radius 3 is 2.68 bits per heavy atom. The Morgan fingerprint density at radius 1 is 1.24 bits per heavy atom. The molecule has 1 amide bonds. The number of nitrogens with zero attached hydrogens (tertiary/aromatic N) is 2. The van der Waals surface area contributed by atoms with E-state index in [0.29, 0.717) is 5.39 Å². The second kappa shape index (κ2) is 6.44. The van der Waals surface area contributed by atoms with Crippen LogP contribution >= 0.6 is 11.3 Å².